The summed E-state index contributed by atoms with van der Waals surface area (Å²) in [5.74, 6) is 1.84. The minimum atomic E-state index is -1.76. The van der Waals surface area contributed by atoms with Crippen molar-refractivity contribution in [2.75, 3.05) is 13.7 Å². The minimum Gasteiger partial charge on any atom is -0.494 e. The van der Waals surface area contributed by atoms with Crippen LogP contribution >= 0.6 is 0 Å². The number of fused-ring (bicyclic) bond motifs is 4. The molecule has 0 spiro atoms. The number of halogens is 1. The number of carbonyl (C=O) groups is 2. The van der Waals surface area contributed by atoms with Gasteiger partial charge in [0.2, 0.25) is 0 Å². The number of hydrogen-bond acceptors (Lipinski definition) is 6. The van der Waals surface area contributed by atoms with Crippen molar-refractivity contribution in [3.63, 3.8) is 0 Å². The number of likely N-dealkylation sites (tertiary alicyclic amines) is 1. The first-order valence-electron chi connectivity index (χ1n) is 16.7. The molecule has 1 saturated heterocycles. The van der Waals surface area contributed by atoms with Crippen LogP contribution in [-0.2, 0) is 18.4 Å². The lowest BCUT2D eigenvalue weighted by Crippen LogP contribution is -2.51. The number of imidazole rings is 1. The molecule has 4 atom stereocenters. The quantitative estimate of drug-likeness (QED) is 0.283. The Morgan fingerprint density at radius 3 is 2.67 bits per heavy atom. The summed E-state index contributed by atoms with van der Waals surface area (Å²) < 4.78 is 24.9. The van der Waals surface area contributed by atoms with Gasteiger partial charge in [0.15, 0.2) is 11.5 Å². The Labute approximate surface area is 267 Å². The zero-order chi connectivity index (χ0) is 31.9. The Kier molecular flexibility index (Phi) is 6.90. The van der Waals surface area contributed by atoms with Crippen molar-refractivity contribution in [1.82, 2.24) is 29.3 Å². The van der Waals surface area contributed by atoms with Gasteiger partial charge >= 0.3 is 0 Å². The third-order valence-electron chi connectivity index (χ3n) is 11.0. The van der Waals surface area contributed by atoms with Crippen LogP contribution in [0.3, 0.4) is 0 Å². The molecular formula is C35H42FN7O3. The Morgan fingerprint density at radius 2 is 1.96 bits per heavy atom. The van der Waals surface area contributed by atoms with Gasteiger partial charge in [-0.2, -0.15) is 0 Å². The first kappa shape index (κ1) is 29.4. The summed E-state index contributed by atoms with van der Waals surface area (Å²) >= 11 is 0. The molecule has 1 aliphatic heterocycles. The number of nitrogens with two attached hydrogens (primary N) is 1. The number of benzene rings is 1. The fourth-order valence-electron chi connectivity index (χ4n) is 7.85. The molecule has 46 heavy (non-hydrogen) atoms. The van der Waals surface area contributed by atoms with Crippen molar-refractivity contribution in [3.05, 3.63) is 41.6 Å². The zero-order valence-electron chi connectivity index (χ0n) is 26.8. The van der Waals surface area contributed by atoms with Crippen LogP contribution in [-0.4, -0.2) is 67.2 Å². The summed E-state index contributed by atoms with van der Waals surface area (Å²) in [6, 6.07) is 9.55. The number of carbonyl (C=O) groups excluding carboxylic acids is 2. The molecular weight excluding hydrogens is 585 g/mol. The van der Waals surface area contributed by atoms with Gasteiger partial charge in [-0.3, -0.25) is 9.59 Å². The number of ether oxygens (including phenoxy) is 1. The van der Waals surface area contributed by atoms with Crippen molar-refractivity contribution >= 4 is 33.9 Å². The molecule has 4 fully saturated rings. The standard InChI is InChI=1S/C35H42FN7O3/c1-19(38-34(45)35(36)11-4-12-35)26-10-8-22-15-28(43(31(22)39-26)17-20-5-6-20)32-40-27-14-23(16-29(46-3)30(27)41(32)2)33(44)42-18-25(37)21-7-9-24(42)13-21/h8,10,14-16,19-21,24-25H,4-7,9,11-13,17-18,37H2,1-3H3,(H,38,45)/t19-,21+,24-,25+/m1/s1. The van der Waals surface area contributed by atoms with E-state index in [1.165, 1.54) is 0 Å². The SMILES string of the molecule is COc1cc(C(=O)N2C[C@H](N)[C@H]3CC[C@@H]2C3)cc2nc(-c3cc4ccc([C@@H](C)NC(=O)C5(F)CCC5)nc4n3CC3CC3)n(C)c12. The molecule has 1 aromatic carbocycles. The van der Waals surface area contributed by atoms with Gasteiger partial charge in [-0.1, -0.05) is 0 Å². The maximum absolute atomic E-state index is 14.7. The van der Waals surface area contributed by atoms with E-state index in [1.807, 2.05) is 47.7 Å². The van der Waals surface area contributed by atoms with Crippen molar-refractivity contribution in [1.29, 1.82) is 0 Å². The number of nitrogens with one attached hydrogen (secondary N) is 1. The van der Waals surface area contributed by atoms with Crippen LogP contribution in [0, 0.1) is 11.8 Å². The van der Waals surface area contributed by atoms with Crippen molar-refractivity contribution in [2.24, 2.45) is 24.6 Å². The number of piperidine rings is 1. The largest absolute Gasteiger partial charge is 0.494 e. The monoisotopic (exact) mass is 627 g/mol. The number of aromatic nitrogens is 4. The van der Waals surface area contributed by atoms with Crippen LogP contribution in [0.2, 0.25) is 0 Å². The number of methoxy groups -OCH3 is 1. The second kappa shape index (κ2) is 10.8. The predicted molar refractivity (Wildman–Crippen MR) is 173 cm³/mol. The first-order valence-corrected chi connectivity index (χ1v) is 16.7. The number of pyridine rings is 1. The number of nitrogens with zero attached hydrogens (tertiary/aromatic N) is 5. The highest BCUT2D eigenvalue weighted by molar-refractivity contribution is 6.00. The third kappa shape index (κ3) is 4.77. The molecule has 242 valence electrons. The summed E-state index contributed by atoms with van der Waals surface area (Å²) in [5, 5.41) is 3.81. The molecule has 3 saturated carbocycles. The molecule has 2 amide bonds. The molecule has 0 unspecified atom stereocenters. The Bertz CT molecular complexity index is 1870. The number of aryl methyl sites for hydroxylation is 1. The maximum atomic E-state index is 14.7. The van der Waals surface area contributed by atoms with Gasteiger partial charge in [-0.05, 0) is 100 Å². The highest BCUT2D eigenvalue weighted by Gasteiger charge is 2.45. The molecule has 11 heteroatoms. The Balaban J connectivity index is 1.17. The highest BCUT2D eigenvalue weighted by Crippen LogP contribution is 2.40. The van der Waals surface area contributed by atoms with Gasteiger partial charge in [-0.15, -0.1) is 0 Å². The van der Waals surface area contributed by atoms with Crippen LogP contribution in [0.1, 0.15) is 80.4 Å². The Morgan fingerprint density at radius 1 is 1.15 bits per heavy atom. The van der Waals surface area contributed by atoms with Crippen LogP contribution in [0.25, 0.3) is 33.6 Å². The summed E-state index contributed by atoms with van der Waals surface area (Å²) in [6.45, 7) is 3.23. The van der Waals surface area contributed by atoms with Gasteiger partial charge in [0, 0.05) is 43.2 Å². The maximum Gasteiger partial charge on any atom is 0.258 e. The van der Waals surface area contributed by atoms with Crippen LogP contribution in [0.5, 0.6) is 5.75 Å². The molecule has 0 radical (unpaired) electrons. The Hall–Kier alpha value is -3.99. The number of alkyl halides is 1. The average Bonchev–Trinajstić information content (AvgIpc) is 3.50. The van der Waals surface area contributed by atoms with Crippen molar-refractivity contribution in [2.45, 2.75) is 88.6 Å². The third-order valence-corrected chi connectivity index (χ3v) is 11.0. The predicted octanol–water partition coefficient (Wildman–Crippen LogP) is 5.03. The molecule has 8 rings (SSSR count). The van der Waals surface area contributed by atoms with Gasteiger partial charge < -0.3 is 29.8 Å². The van der Waals surface area contributed by atoms with E-state index < -0.39 is 17.6 Å². The number of rotatable bonds is 8. The smallest absolute Gasteiger partial charge is 0.258 e. The van der Waals surface area contributed by atoms with E-state index in [-0.39, 0.29) is 30.8 Å². The lowest BCUT2D eigenvalue weighted by Gasteiger charge is -2.37. The van der Waals surface area contributed by atoms with E-state index in [9.17, 15) is 14.0 Å². The molecule has 4 heterocycles. The zero-order valence-corrected chi connectivity index (χ0v) is 26.8. The lowest BCUT2D eigenvalue weighted by atomic mass is 9.81. The van der Waals surface area contributed by atoms with E-state index in [0.29, 0.717) is 40.9 Å². The molecule has 4 aliphatic rings. The van der Waals surface area contributed by atoms with Gasteiger partial charge in [0.05, 0.1) is 30.1 Å². The fraction of sp³-hybridized carbons (Fsp3) is 0.543. The topological polar surface area (TPSA) is 120 Å². The molecule has 3 N–H and O–H groups in total. The lowest BCUT2D eigenvalue weighted by molar-refractivity contribution is -0.139. The second-order valence-electron chi connectivity index (χ2n) is 14.1. The van der Waals surface area contributed by atoms with Gasteiger partial charge in [0.25, 0.3) is 11.8 Å². The van der Waals surface area contributed by atoms with E-state index in [0.717, 1.165) is 73.1 Å². The van der Waals surface area contributed by atoms with Crippen LogP contribution in [0.4, 0.5) is 4.39 Å². The molecule has 3 aromatic heterocycles. The summed E-state index contributed by atoms with van der Waals surface area (Å²) in [5.41, 5.74) is 9.16. The van der Waals surface area contributed by atoms with Crippen molar-refractivity contribution < 1.29 is 18.7 Å². The van der Waals surface area contributed by atoms with E-state index >= 15 is 0 Å². The molecule has 10 nitrogen and oxygen atoms in total. The normalized spacial score (nSPS) is 24.3. The van der Waals surface area contributed by atoms with E-state index in [2.05, 4.69) is 16.0 Å². The molecule has 4 aromatic rings. The fourth-order valence-corrected chi connectivity index (χ4v) is 7.85. The van der Waals surface area contributed by atoms with Crippen molar-refractivity contribution in [3.8, 4) is 17.3 Å². The second-order valence-corrected chi connectivity index (χ2v) is 14.1. The summed E-state index contributed by atoms with van der Waals surface area (Å²) in [4.78, 5) is 38.5. The molecule has 3 aliphatic carbocycles. The van der Waals surface area contributed by atoms with Gasteiger partial charge in [-0.25, -0.2) is 14.4 Å². The van der Waals surface area contributed by atoms with Crippen LogP contribution < -0.4 is 15.8 Å². The number of hydrogen-bond donors (Lipinski definition) is 2. The molecule has 2 bridgehead atoms. The summed E-state index contributed by atoms with van der Waals surface area (Å²) in [6.07, 6.45) is 6.66. The average molecular weight is 628 g/mol. The minimum absolute atomic E-state index is 0.0135. The van der Waals surface area contributed by atoms with Crippen LogP contribution in [0.15, 0.2) is 30.3 Å². The number of amides is 2. The highest BCUT2D eigenvalue weighted by atomic mass is 19.1. The summed E-state index contributed by atoms with van der Waals surface area (Å²) in [7, 11) is 3.60. The van der Waals surface area contributed by atoms with Gasteiger partial charge in [0.1, 0.15) is 16.9 Å². The van der Waals surface area contributed by atoms with E-state index in [1.54, 1.807) is 7.11 Å². The van der Waals surface area contributed by atoms with E-state index in [4.69, 9.17) is 20.4 Å². The first-order chi connectivity index (χ1) is 22.1.